The molecule has 2 aliphatic rings. The van der Waals surface area contributed by atoms with Crippen molar-refractivity contribution in [1.82, 2.24) is 9.91 Å². The molecule has 8 heteroatoms. The second-order valence-electron chi connectivity index (χ2n) is 10.2. The lowest BCUT2D eigenvalue weighted by atomic mass is 9.99. The molecule has 2 aliphatic heterocycles. The quantitative estimate of drug-likeness (QED) is 0.394. The Morgan fingerprint density at radius 2 is 1.51 bits per heavy atom. The molecule has 3 aromatic carbocycles. The fourth-order valence-electron chi connectivity index (χ4n) is 5.20. The van der Waals surface area contributed by atoms with E-state index in [1.807, 2.05) is 84.9 Å². The van der Waals surface area contributed by atoms with Gasteiger partial charge in [0, 0.05) is 32.3 Å². The van der Waals surface area contributed by atoms with Crippen molar-refractivity contribution >= 4 is 17.7 Å². The lowest BCUT2D eigenvalue weighted by molar-refractivity contribution is -0.130. The number of carbonyl (C=O) groups excluding carboxylic acids is 2. The van der Waals surface area contributed by atoms with E-state index in [0.717, 1.165) is 22.4 Å². The fraction of sp³-hybridized carbons (Fsp3) is 0.273. The van der Waals surface area contributed by atoms with Crippen molar-refractivity contribution in [1.29, 1.82) is 0 Å². The lowest BCUT2D eigenvalue weighted by Crippen LogP contribution is -2.54. The molecule has 0 aliphatic carbocycles. The predicted octanol–water partition coefficient (Wildman–Crippen LogP) is 5.57. The average molecular weight is 556 g/mol. The molecule has 0 bridgehead atoms. The van der Waals surface area contributed by atoms with Crippen LogP contribution in [0.2, 0.25) is 0 Å². The van der Waals surface area contributed by atoms with Crippen molar-refractivity contribution in [2.24, 2.45) is 0 Å². The van der Waals surface area contributed by atoms with Gasteiger partial charge in [0.25, 0.3) is 5.91 Å². The van der Waals surface area contributed by atoms with Crippen LogP contribution in [0.3, 0.4) is 0 Å². The number of nitrogens with zero attached hydrogens (tertiary/aromatic N) is 3. The number of anilines is 1. The van der Waals surface area contributed by atoms with Crippen molar-refractivity contribution < 1.29 is 23.8 Å². The van der Waals surface area contributed by atoms with Crippen LogP contribution in [-0.4, -0.2) is 52.8 Å². The van der Waals surface area contributed by atoms with E-state index in [2.05, 4.69) is 0 Å². The van der Waals surface area contributed by atoms with Crippen LogP contribution in [0.15, 0.2) is 109 Å². The molecule has 3 aromatic rings. The number of benzene rings is 3. The van der Waals surface area contributed by atoms with Crippen LogP contribution in [0.25, 0.3) is 0 Å². The van der Waals surface area contributed by atoms with E-state index >= 15 is 4.39 Å². The Bertz CT molecular complexity index is 1380. The monoisotopic (exact) mass is 555 g/mol. The Kier molecular flexibility index (Phi) is 9.11. The molecule has 2 amide bonds. The van der Waals surface area contributed by atoms with Gasteiger partial charge >= 0.3 is 6.09 Å². The van der Waals surface area contributed by atoms with Gasteiger partial charge in [0.05, 0.1) is 17.3 Å². The van der Waals surface area contributed by atoms with Gasteiger partial charge in [0.15, 0.2) is 0 Å². The van der Waals surface area contributed by atoms with E-state index in [0.29, 0.717) is 32.4 Å². The van der Waals surface area contributed by atoms with Gasteiger partial charge in [-0.15, -0.1) is 0 Å². The molecule has 0 radical (unpaired) electrons. The molecule has 1 fully saturated rings. The van der Waals surface area contributed by atoms with Crippen molar-refractivity contribution in [3.8, 4) is 0 Å². The highest BCUT2D eigenvalue weighted by Crippen LogP contribution is 2.31. The first-order valence-electron chi connectivity index (χ1n) is 13.9. The third-order valence-electron chi connectivity index (χ3n) is 7.45. The summed E-state index contributed by atoms with van der Waals surface area (Å²) in [6, 6.07) is 26.2. The maximum Gasteiger partial charge on any atom is 0.410 e. The molecule has 0 unspecified atom stereocenters. The van der Waals surface area contributed by atoms with Crippen LogP contribution in [0, 0.1) is 0 Å². The number of allylic oxidation sites excluding steroid dienone is 2. The number of likely N-dealkylation sites (tertiary alicyclic amines) is 1. The lowest BCUT2D eigenvalue weighted by Gasteiger charge is -2.43. The average Bonchev–Trinajstić information content (AvgIpc) is 3.13. The van der Waals surface area contributed by atoms with Gasteiger partial charge in [0.2, 0.25) is 0 Å². The Morgan fingerprint density at radius 3 is 2.17 bits per heavy atom. The van der Waals surface area contributed by atoms with E-state index in [1.54, 1.807) is 21.1 Å². The van der Waals surface area contributed by atoms with Gasteiger partial charge in [-0.3, -0.25) is 9.80 Å². The van der Waals surface area contributed by atoms with Crippen LogP contribution < -0.4 is 5.01 Å². The first kappa shape index (κ1) is 28.1. The number of aliphatic hydroxyl groups excluding tert-OH is 1. The van der Waals surface area contributed by atoms with Crippen LogP contribution in [0.1, 0.15) is 29.5 Å². The van der Waals surface area contributed by atoms with Gasteiger partial charge in [-0.1, -0.05) is 72.8 Å². The number of ether oxygens (including phenoxy) is 1. The Hall–Kier alpha value is -4.43. The van der Waals surface area contributed by atoms with E-state index in [9.17, 15) is 14.7 Å². The minimum atomic E-state index is -0.570. The fourth-order valence-corrected chi connectivity index (χ4v) is 5.20. The van der Waals surface area contributed by atoms with Gasteiger partial charge in [-0.25, -0.2) is 14.2 Å². The number of carbonyl (C=O) groups is 2. The molecule has 0 saturated carbocycles. The normalized spacial score (nSPS) is 16.2. The molecule has 0 aromatic heterocycles. The third-order valence-corrected chi connectivity index (χ3v) is 7.45. The highest BCUT2D eigenvalue weighted by molar-refractivity contribution is 5.97. The van der Waals surface area contributed by atoms with Gasteiger partial charge in [0.1, 0.15) is 12.4 Å². The summed E-state index contributed by atoms with van der Waals surface area (Å²) in [6.07, 6.45) is 4.28. The van der Waals surface area contributed by atoms with Crippen LogP contribution in [-0.2, 0) is 29.0 Å². The number of aliphatic hydroxyl groups is 1. The van der Waals surface area contributed by atoms with E-state index in [-0.39, 0.29) is 37.3 Å². The largest absolute Gasteiger partial charge is 0.445 e. The first-order valence-corrected chi connectivity index (χ1v) is 13.9. The molecule has 7 nitrogen and oxygen atoms in total. The maximum absolute atomic E-state index is 15.5. The van der Waals surface area contributed by atoms with E-state index in [1.165, 1.54) is 6.08 Å². The molecule has 1 N–H and O–H groups in total. The highest BCUT2D eigenvalue weighted by Gasteiger charge is 2.37. The van der Waals surface area contributed by atoms with Crippen LogP contribution in [0.5, 0.6) is 0 Å². The minimum Gasteiger partial charge on any atom is -0.445 e. The number of piperidine rings is 1. The van der Waals surface area contributed by atoms with Crippen molar-refractivity contribution in [2.75, 3.05) is 24.7 Å². The van der Waals surface area contributed by atoms with Crippen LogP contribution in [0.4, 0.5) is 14.9 Å². The van der Waals surface area contributed by atoms with Crippen molar-refractivity contribution in [3.05, 3.63) is 125 Å². The smallest absolute Gasteiger partial charge is 0.410 e. The summed E-state index contributed by atoms with van der Waals surface area (Å²) in [7, 11) is 0. The van der Waals surface area contributed by atoms with Gasteiger partial charge in [-0.2, -0.15) is 0 Å². The summed E-state index contributed by atoms with van der Waals surface area (Å²) in [4.78, 5) is 28.5. The molecule has 1 saturated heterocycles. The van der Waals surface area contributed by atoms with Gasteiger partial charge in [-0.05, 0) is 54.2 Å². The first-order chi connectivity index (χ1) is 20.0. The van der Waals surface area contributed by atoms with Crippen molar-refractivity contribution in [2.45, 2.75) is 38.3 Å². The number of hydrogen-bond acceptors (Lipinski definition) is 5. The number of para-hydroxylation sites is 1. The molecule has 0 atom stereocenters. The number of amides is 2. The molecule has 41 heavy (non-hydrogen) atoms. The summed E-state index contributed by atoms with van der Waals surface area (Å²) in [6.45, 7) is 1.09. The Balaban J connectivity index is 1.33. The van der Waals surface area contributed by atoms with Crippen molar-refractivity contribution in [3.63, 3.8) is 0 Å². The molecule has 212 valence electrons. The maximum atomic E-state index is 15.5. The number of halogens is 1. The Labute approximate surface area is 239 Å². The van der Waals surface area contributed by atoms with E-state index < -0.39 is 11.7 Å². The highest BCUT2D eigenvalue weighted by atomic mass is 19.1. The zero-order valence-corrected chi connectivity index (χ0v) is 22.9. The molecular weight excluding hydrogens is 521 g/mol. The topological polar surface area (TPSA) is 73.3 Å². The van der Waals surface area contributed by atoms with E-state index in [4.69, 9.17) is 4.74 Å². The summed E-state index contributed by atoms with van der Waals surface area (Å²) in [5, 5.41) is 12.6. The molecular formula is C33H34FN3O4. The number of hydrazine groups is 1. The van der Waals surface area contributed by atoms with Crippen LogP contribution >= 0.6 is 0 Å². The summed E-state index contributed by atoms with van der Waals surface area (Å²) >= 11 is 0. The molecule has 0 spiro atoms. The SMILES string of the molecule is O=C(OCc1ccccc1)N1CCC(N2C(=O)C(Cc3ccc(CCO)cc3)=C(F)C=CN2c2ccccc2)CC1. The minimum absolute atomic E-state index is 0.0518. The molecule has 2 heterocycles. The zero-order valence-electron chi connectivity index (χ0n) is 22.9. The molecule has 5 rings (SSSR count). The second-order valence-corrected chi connectivity index (χ2v) is 10.2. The Morgan fingerprint density at radius 1 is 0.878 bits per heavy atom. The number of hydrogen-bond donors (Lipinski definition) is 1. The third kappa shape index (κ3) is 6.84. The summed E-state index contributed by atoms with van der Waals surface area (Å²) in [5.74, 6) is -0.972. The number of rotatable bonds is 8. The standard InChI is InChI=1S/C33H34FN3O4/c34-31-17-21-36(28-9-5-2-6-10-28)37(32(39)30(31)23-26-13-11-25(12-14-26)18-22-38)29-15-19-35(20-16-29)33(40)41-24-27-7-3-1-4-8-27/h1-14,17,21,29,38H,15-16,18-20,22-24H2. The summed E-state index contributed by atoms with van der Waals surface area (Å²) < 4.78 is 21.0. The second kappa shape index (κ2) is 13.3. The zero-order chi connectivity index (χ0) is 28.6. The predicted molar refractivity (Wildman–Crippen MR) is 155 cm³/mol. The summed E-state index contributed by atoms with van der Waals surface area (Å²) in [5.41, 5.74) is 3.52. The van der Waals surface area contributed by atoms with Gasteiger partial charge < -0.3 is 14.7 Å².